The normalized spacial score (nSPS) is 10.5. The summed E-state index contributed by atoms with van der Waals surface area (Å²) in [7, 11) is 0. The van der Waals surface area contributed by atoms with Crippen LogP contribution >= 0.6 is 0 Å². The van der Waals surface area contributed by atoms with Gasteiger partial charge in [-0.1, -0.05) is 42.5 Å². The van der Waals surface area contributed by atoms with E-state index < -0.39 is 0 Å². The second-order valence-corrected chi connectivity index (χ2v) is 7.00. The van der Waals surface area contributed by atoms with Crippen molar-refractivity contribution in [3.63, 3.8) is 0 Å². The number of pyridine rings is 3. The number of amides is 1. The number of benzene rings is 1. The molecule has 6 nitrogen and oxygen atoms in total. The summed E-state index contributed by atoms with van der Waals surface area (Å²) in [6.45, 7) is 1.02. The van der Waals surface area contributed by atoms with E-state index in [1.54, 1.807) is 18.6 Å². The van der Waals surface area contributed by atoms with Crippen LogP contribution in [0.15, 0.2) is 91.4 Å². The number of carbonyl (C=O) groups is 1. The number of rotatable bonds is 8. The lowest BCUT2D eigenvalue weighted by molar-refractivity contribution is 0.0951. The SMILES string of the molecule is O=C(NCc1cccnc1)c1ccc(-c2ccccc2)nc1NCCc1ccccn1. The molecule has 3 heterocycles. The van der Waals surface area contributed by atoms with Crippen LogP contribution in [0.3, 0.4) is 0 Å². The Balaban J connectivity index is 1.53. The van der Waals surface area contributed by atoms with Crippen LogP contribution in [-0.2, 0) is 13.0 Å². The number of nitrogens with zero attached hydrogens (tertiary/aromatic N) is 3. The molecule has 31 heavy (non-hydrogen) atoms. The quantitative estimate of drug-likeness (QED) is 0.458. The third-order valence-corrected chi connectivity index (χ3v) is 4.79. The molecule has 2 N–H and O–H groups in total. The molecular formula is C25H23N5O. The minimum absolute atomic E-state index is 0.184. The highest BCUT2D eigenvalue weighted by Gasteiger charge is 2.14. The zero-order valence-corrected chi connectivity index (χ0v) is 17.0. The molecule has 0 bridgehead atoms. The average Bonchev–Trinajstić information content (AvgIpc) is 2.84. The molecule has 3 aromatic heterocycles. The van der Waals surface area contributed by atoms with Crippen molar-refractivity contribution in [3.8, 4) is 11.3 Å². The fourth-order valence-corrected chi connectivity index (χ4v) is 3.18. The Labute approximate surface area is 181 Å². The van der Waals surface area contributed by atoms with Gasteiger partial charge in [0, 0.05) is 49.4 Å². The van der Waals surface area contributed by atoms with Crippen molar-refractivity contribution >= 4 is 11.7 Å². The zero-order chi connectivity index (χ0) is 21.3. The third kappa shape index (κ3) is 5.51. The van der Waals surface area contributed by atoms with Crippen molar-refractivity contribution in [1.82, 2.24) is 20.3 Å². The Kier molecular flexibility index (Phi) is 6.60. The molecule has 154 valence electrons. The molecule has 0 atom stereocenters. The van der Waals surface area contributed by atoms with Crippen molar-refractivity contribution in [2.24, 2.45) is 0 Å². The van der Waals surface area contributed by atoms with Gasteiger partial charge in [-0.05, 0) is 35.9 Å². The Morgan fingerprint density at radius 3 is 2.52 bits per heavy atom. The molecule has 1 amide bonds. The summed E-state index contributed by atoms with van der Waals surface area (Å²) >= 11 is 0. The largest absolute Gasteiger partial charge is 0.369 e. The molecule has 6 heteroatoms. The first kappa shape index (κ1) is 20.2. The maximum absolute atomic E-state index is 12.9. The van der Waals surface area contributed by atoms with Gasteiger partial charge in [-0.2, -0.15) is 0 Å². The lowest BCUT2D eigenvalue weighted by Gasteiger charge is -2.13. The molecule has 0 fully saturated rings. The molecule has 0 aliphatic carbocycles. The summed E-state index contributed by atoms with van der Waals surface area (Å²) in [5, 5.41) is 6.28. The summed E-state index contributed by atoms with van der Waals surface area (Å²) in [4.78, 5) is 26.1. The second-order valence-electron chi connectivity index (χ2n) is 7.00. The molecule has 1 aromatic carbocycles. The Morgan fingerprint density at radius 1 is 0.871 bits per heavy atom. The minimum atomic E-state index is -0.184. The van der Waals surface area contributed by atoms with Crippen LogP contribution in [0.4, 0.5) is 5.82 Å². The van der Waals surface area contributed by atoms with Gasteiger partial charge in [0.1, 0.15) is 5.82 Å². The van der Waals surface area contributed by atoms with Crippen LogP contribution in [-0.4, -0.2) is 27.4 Å². The Morgan fingerprint density at radius 2 is 1.74 bits per heavy atom. The van der Waals surface area contributed by atoms with E-state index in [9.17, 15) is 4.79 Å². The summed E-state index contributed by atoms with van der Waals surface area (Å²) in [6.07, 6.45) is 5.96. The van der Waals surface area contributed by atoms with E-state index in [0.717, 1.165) is 28.9 Å². The molecule has 0 spiro atoms. The molecule has 0 saturated heterocycles. The summed E-state index contributed by atoms with van der Waals surface area (Å²) in [5.74, 6) is 0.372. The van der Waals surface area contributed by atoms with E-state index in [-0.39, 0.29) is 5.91 Å². The summed E-state index contributed by atoms with van der Waals surface area (Å²) in [6, 6.07) is 23.2. The highest BCUT2D eigenvalue weighted by molar-refractivity contribution is 5.99. The van der Waals surface area contributed by atoms with Crippen LogP contribution in [0.25, 0.3) is 11.3 Å². The Bertz CT molecular complexity index is 1120. The van der Waals surface area contributed by atoms with E-state index in [2.05, 4.69) is 20.6 Å². The van der Waals surface area contributed by atoms with E-state index in [4.69, 9.17) is 4.98 Å². The monoisotopic (exact) mass is 409 g/mol. The number of hydrogen-bond donors (Lipinski definition) is 2. The molecule has 0 saturated carbocycles. The second kappa shape index (κ2) is 10.1. The van der Waals surface area contributed by atoms with Crippen LogP contribution in [0.2, 0.25) is 0 Å². The smallest absolute Gasteiger partial charge is 0.255 e. The van der Waals surface area contributed by atoms with E-state index in [1.165, 1.54) is 0 Å². The minimum Gasteiger partial charge on any atom is -0.369 e. The fraction of sp³-hybridized carbons (Fsp3) is 0.120. The van der Waals surface area contributed by atoms with E-state index in [0.29, 0.717) is 24.5 Å². The van der Waals surface area contributed by atoms with Gasteiger partial charge in [-0.25, -0.2) is 4.98 Å². The summed E-state index contributed by atoms with van der Waals surface area (Å²) < 4.78 is 0. The topological polar surface area (TPSA) is 79.8 Å². The number of carbonyl (C=O) groups excluding carboxylic acids is 1. The standard InChI is InChI=1S/C25H23N5O/c31-25(29-18-19-7-6-14-26-17-19)22-11-12-23(20-8-2-1-3-9-20)30-24(22)28-16-13-21-10-4-5-15-27-21/h1-12,14-15,17H,13,16,18H2,(H,28,30)(H,29,31). The first-order chi connectivity index (χ1) is 15.3. The van der Waals surface area contributed by atoms with Gasteiger partial charge < -0.3 is 10.6 Å². The summed E-state index contributed by atoms with van der Waals surface area (Å²) in [5.41, 5.74) is 4.23. The molecule has 0 radical (unpaired) electrons. The molecule has 0 unspecified atom stereocenters. The van der Waals surface area contributed by atoms with Gasteiger partial charge >= 0.3 is 0 Å². The van der Waals surface area contributed by atoms with Crippen LogP contribution < -0.4 is 10.6 Å². The highest BCUT2D eigenvalue weighted by atomic mass is 16.1. The number of hydrogen-bond acceptors (Lipinski definition) is 5. The zero-order valence-electron chi connectivity index (χ0n) is 17.0. The van der Waals surface area contributed by atoms with Crippen molar-refractivity contribution in [2.45, 2.75) is 13.0 Å². The highest BCUT2D eigenvalue weighted by Crippen LogP contribution is 2.22. The van der Waals surface area contributed by atoms with Crippen molar-refractivity contribution in [1.29, 1.82) is 0 Å². The lowest BCUT2D eigenvalue weighted by Crippen LogP contribution is -2.25. The molecule has 4 rings (SSSR count). The predicted molar refractivity (Wildman–Crippen MR) is 122 cm³/mol. The van der Waals surface area contributed by atoms with Crippen molar-refractivity contribution in [3.05, 3.63) is 108 Å². The van der Waals surface area contributed by atoms with Gasteiger partial charge in [0.2, 0.25) is 0 Å². The lowest BCUT2D eigenvalue weighted by atomic mass is 10.1. The molecule has 4 aromatic rings. The van der Waals surface area contributed by atoms with Gasteiger partial charge in [-0.3, -0.25) is 14.8 Å². The maximum atomic E-state index is 12.9. The van der Waals surface area contributed by atoms with Crippen molar-refractivity contribution in [2.75, 3.05) is 11.9 Å². The number of anilines is 1. The van der Waals surface area contributed by atoms with Gasteiger partial charge in [-0.15, -0.1) is 0 Å². The first-order valence-electron chi connectivity index (χ1n) is 10.2. The predicted octanol–water partition coefficient (Wildman–Crippen LogP) is 4.12. The number of aromatic nitrogens is 3. The van der Waals surface area contributed by atoms with Crippen LogP contribution in [0.5, 0.6) is 0 Å². The fourth-order valence-electron chi connectivity index (χ4n) is 3.18. The van der Waals surface area contributed by atoms with Gasteiger partial charge in [0.25, 0.3) is 5.91 Å². The molecule has 0 aliphatic rings. The molecule has 0 aliphatic heterocycles. The third-order valence-electron chi connectivity index (χ3n) is 4.79. The van der Waals surface area contributed by atoms with Crippen LogP contribution in [0.1, 0.15) is 21.6 Å². The van der Waals surface area contributed by atoms with Gasteiger partial charge in [0.05, 0.1) is 11.3 Å². The van der Waals surface area contributed by atoms with E-state index in [1.807, 2.05) is 72.8 Å². The van der Waals surface area contributed by atoms with Crippen molar-refractivity contribution < 1.29 is 4.79 Å². The maximum Gasteiger partial charge on any atom is 0.255 e. The van der Waals surface area contributed by atoms with E-state index >= 15 is 0 Å². The first-order valence-corrected chi connectivity index (χ1v) is 10.2. The van der Waals surface area contributed by atoms with Crippen LogP contribution in [0, 0.1) is 0 Å². The molecular weight excluding hydrogens is 386 g/mol. The Hall–Kier alpha value is -4.06. The van der Waals surface area contributed by atoms with Gasteiger partial charge in [0.15, 0.2) is 0 Å². The number of nitrogens with one attached hydrogen (secondary N) is 2. The average molecular weight is 409 g/mol.